The minimum absolute atomic E-state index is 0.122. The van der Waals surface area contributed by atoms with Gasteiger partial charge in [0.2, 0.25) is 10.0 Å². The van der Waals surface area contributed by atoms with Gasteiger partial charge in [0.25, 0.3) is 0 Å². The summed E-state index contributed by atoms with van der Waals surface area (Å²) >= 11 is 1.99. The minimum atomic E-state index is -3.38. The van der Waals surface area contributed by atoms with Gasteiger partial charge in [0.05, 0.1) is 4.90 Å². The van der Waals surface area contributed by atoms with E-state index in [1.807, 2.05) is 23.9 Å². The molecular formula is C18H28N4O2S2. The summed E-state index contributed by atoms with van der Waals surface area (Å²) in [6.45, 7) is 7.07. The largest absolute Gasteiger partial charge is 0.352 e. The topological polar surface area (TPSA) is 73.8 Å². The number of thioether (sulfide) groups is 1. The minimum Gasteiger partial charge on any atom is -0.352 e. The predicted octanol–water partition coefficient (Wildman–Crippen LogP) is 2.03. The Morgan fingerprint density at radius 2 is 2.00 bits per heavy atom. The van der Waals surface area contributed by atoms with Crippen molar-refractivity contribution in [2.45, 2.75) is 48.9 Å². The zero-order chi connectivity index (χ0) is 18.8. The third-order valence-corrected chi connectivity index (χ3v) is 7.35. The summed E-state index contributed by atoms with van der Waals surface area (Å²) in [4.78, 5) is 7.02. The average Bonchev–Trinajstić information content (AvgIpc) is 3.38. The van der Waals surface area contributed by atoms with Gasteiger partial charge in [-0.3, -0.25) is 4.99 Å². The van der Waals surface area contributed by atoms with Gasteiger partial charge in [-0.25, -0.2) is 13.1 Å². The van der Waals surface area contributed by atoms with Crippen molar-refractivity contribution in [2.24, 2.45) is 4.99 Å². The van der Waals surface area contributed by atoms with E-state index < -0.39 is 10.0 Å². The standard InChI is InChI=1S/C18H28N4O2S2/c1-18(2)13-22(10-11-25-18)17(19-3)20-12-14-4-8-16(9-5-14)26(23,24)21-15-6-7-15/h4-5,8-9,15,21H,6-7,10-13H2,1-3H3,(H,19,20). The first-order chi connectivity index (χ1) is 12.3. The molecule has 144 valence electrons. The molecule has 1 aliphatic carbocycles. The maximum absolute atomic E-state index is 12.2. The van der Waals surface area contributed by atoms with Gasteiger partial charge in [-0.2, -0.15) is 11.8 Å². The molecule has 3 rings (SSSR count). The fourth-order valence-electron chi connectivity index (χ4n) is 2.99. The van der Waals surface area contributed by atoms with Crippen LogP contribution in [0.1, 0.15) is 32.3 Å². The van der Waals surface area contributed by atoms with E-state index in [-0.39, 0.29) is 10.8 Å². The molecule has 1 heterocycles. The number of benzene rings is 1. The molecule has 0 unspecified atom stereocenters. The Morgan fingerprint density at radius 3 is 2.58 bits per heavy atom. The van der Waals surface area contributed by atoms with Gasteiger partial charge in [-0.15, -0.1) is 0 Å². The van der Waals surface area contributed by atoms with Gasteiger partial charge in [0.1, 0.15) is 0 Å². The number of hydrogen-bond acceptors (Lipinski definition) is 4. The smallest absolute Gasteiger partial charge is 0.240 e. The lowest BCUT2D eigenvalue weighted by atomic mass is 10.2. The molecule has 2 fully saturated rings. The highest BCUT2D eigenvalue weighted by Crippen LogP contribution is 2.29. The molecule has 1 aromatic carbocycles. The zero-order valence-electron chi connectivity index (χ0n) is 15.7. The SMILES string of the molecule is CN=C(NCc1ccc(S(=O)(=O)NC2CC2)cc1)N1CCSC(C)(C)C1. The van der Waals surface area contributed by atoms with E-state index in [0.717, 1.165) is 43.2 Å². The summed E-state index contributed by atoms with van der Waals surface area (Å²) in [5.41, 5.74) is 1.03. The van der Waals surface area contributed by atoms with E-state index >= 15 is 0 Å². The van der Waals surface area contributed by atoms with Crippen LogP contribution in [0.3, 0.4) is 0 Å². The van der Waals surface area contributed by atoms with Gasteiger partial charge in [-0.05, 0) is 44.4 Å². The number of nitrogens with one attached hydrogen (secondary N) is 2. The lowest BCUT2D eigenvalue weighted by Crippen LogP contribution is -2.50. The van der Waals surface area contributed by atoms with Crippen molar-refractivity contribution >= 4 is 27.7 Å². The molecule has 0 amide bonds. The summed E-state index contributed by atoms with van der Waals surface area (Å²) < 4.78 is 27.4. The fourth-order valence-corrected chi connectivity index (χ4v) is 5.40. The first-order valence-electron chi connectivity index (χ1n) is 9.00. The molecule has 0 atom stereocenters. The lowest BCUT2D eigenvalue weighted by molar-refractivity contribution is 0.375. The molecule has 0 aromatic heterocycles. The lowest BCUT2D eigenvalue weighted by Gasteiger charge is -2.39. The van der Waals surface area contributed by atoms with Crippen LogP contribution in [0.4, 0.5) is 0 Å². The van der Waals surface area contributed by atoms with Crippen molar-refractivity contribution in [2.75, 3.05) is 25.9 Å². The highest BCUT2D eigenvalue weighted by atomic mass is 32.2. The van der Waals surface area contributed by atoms with Gasteiger partial charge < -0.3 is 10.2 Å². The van der Waals surface area contributed by atoms with Gasteiger partial charge >= 0.3 is 0 Å². The van der Waals surface area contributed by atoms with Crippen LogP contribution in [0, 0.1) is 0 Å². The predicted molar refractivity (Wildman–Crippen MR) is 108 cm³/mol. The molecule has 1 saturated heterocycles. The summed E-state index contributed by atoms with van der Waals surface area (Å²) in [7, 11) is -1.58. The molecule has 0 spiro atoms. The summed E-state index contributed by atoms with van der Waals surface area (Å²) in [6.07, 6.45) is 1.87. The van der Waals surface area contributed by atoms with Crippen LogP contribution >= 0.6 is 11.8 Å². The van der Waals surface area contributed by atoms with E-state index in [2.05, 4.69) is 33.8 Å². The van der Waals surface area contributed by atoms with Crippen molar-refractivity contribution in [3.63, 3.8) is 0 Å². The highest BCUT2D eigenvalue weighted by Gasteiger charge is 2.29. The van der Waals surface area contributed by atoms with E-state index in [1.54, 1.807) is 19.2 Å². The van der Waals surface area contributed by atoms with Crippen LogP contribution in [0.2, 0.25) is 0 Å². The molecule has 1 aromatic rings. The van der Waals surface area contributed by atoms with Crippen LogP contribution in [-0.2, 0) is 16.6 Å². The molecule has 2 aliphatic rings. The first-order valence-corrected chi connectivity index (χ1v) is 11.5. The van der Waals surface area contributed by atoms with E-state index in [4.69, 9.17) is 0 Å². The second-order valence-electron chi connectivity index (χ2n) is 7.47. The van der Waals surface area contributed by atoms with E-state index in [1.165, 1.54) is 0 Å². The van der Waals surface area contributed by atoms with Gasteiger partial charge in [0, 0.05) is 43.2 Å². The molecular weight excluding hydrogens is 368 g/mol. The van der Waals surface area contributed by atoms with Crippen LogP contribution in [-0.4, -0.2) is 56.0 Å². The number of aliphatic imine (C=N–C) groups is 1. The van der Waals surface area contributed by atoms with Gasteiger partial charge in [0.15, 0.2) is 5.96 Å². The van der Waals surface area contributed by atoms with E-state index in [0.29, 0.717) is 11.4 Å². The quantitative estimate of drug-likeness (QED) is 0.588. The Morgan fingerprint density at radius 1 is 1.31 bits per heavy atom. The maximum Gasteiger partial charge on any atom is 0.240 e. The van der Waals surface area contributed by atoms with Crippen molar-refractivity contribution in [1.82, 2.24) is 14.9 Å². The van der Waals surface area contributed by atoms with Crippen LogP contribution in [0.15, 0.2) is 34.2 Å². The fraction of sp³-hybridized carbons (Fsp3) is 0.611. The highest BCUT2D eigenvalue weighted by molar-refractivity contribution is 8.00. The maximum atomic E-state index is 12.2. The Balaban J connectivity index is 1.58. The van der Waals surface area contributed by atoms with Crippen LogP contribution in [0.25, 0.3) is 0 Å². The summed E-state index contributed by atoms with van der Waals surface area (Å²) in [5, 5.41) is 3.40. The third kappa shape index (κ3) is 5.14. The number of rotatable bonds is 5. The summed E-state index contributed by atoms with van der Waals surface area (Å²) in [5.74, 6) is 1.99. The number of hydrogen-bond donors (Lipinski definition) is 2. The number of nitrogens with zero attached hydrogens (tertiary/aromatic N) is 2. The average molecular weight is 397 g/mol. The molecule has 1 aliphatic heterocycles. The molecule has 8 heteroatoms. The Labute approximate surface area is 160 Å². The zero-order valence-corrected chi connectivity index (χ0v) is 17.3. The van der Waals surface area contributed by atoms with Crippen molar-refractivity contribution in [1.29, 1.82) is 0 Å². The van der Waals surface area contributed by atoms with Crippen LogP contribution < -0.4 is 10.0 Å². The van der Waals surface area contributed by atoms with Crippen molar-refractivity contribution in [3.8, 4) is 0 Å². The Hall–Kier alpha value is -1.25. The second kappa shape index (κ2) is 7.78. The molecule has 1 saturated carbocycles. The van der Waals surface area contributed by atoms with Crippen LogP contribution in [0.5, 0.6) is 0 Å². The number of guanidine groups is 1. The molecule has 26 heavy (non-hydrogen) atoms. The third-order valence-electron chi connectivity index (χ3n) is 4.52. The normalized spacial score (nSPS) is 20.9. The van der Waals surface area contributed by atoms with Crippen molar-refractivity contribution in [3.05, 3.63) is 29.8 Å². The molecule has 0 radical (unpaired) electrons. The number of sulfonamides is 1. The second-order valence-corrected chi connectivity index (χ2v) is 11.0. The van der Waals surface area contributed by atoms with Gasteiger partial charge in [-0.1, -0.05) is 12.1 Å². The first kappa shape index (κ1) is 19.5. The monoisotopic (exact) mass is 396 g/mol. The Bertz CT molecular complexity index is 756. The molecule has 0 bridgehead atoms. The molecule has 6 nitrogen and oxygen atoms in total. The van der Waals surface area contributed by atoms with E-state index in [9.17, 15) is 8.42 Å². The molecule has 2 N–H and O–H groups in total. The Kier molecular flexibility index (Phi) is 5.84. The summed E-state index contributed by atoms with van der Waals surface area (Å²) in [6, 6.07) is 7.18. The van der Waals surface area contributed by atoms with Crippen molar-refractivity contribution < 1.29 is 8.42 Å².